The zero-order valence-electron chi connectivity index (χ0n) is 8.28. The summed E-state index contributed by atoms with van der Waals surface area (Å²) < 4.78 is 0. The Balaban J connectivity index is 2.95. The predicted octanol–water partition coefficient (Wildman–Crippen LogP) is 1.30. The van der Waals surface area contributed by atoms with Gasteiger partial charge in [0.2, 0.25) is 5.91 Å². The molecule has 0 radical (unpaired) electrons. The average Bonchev–Trinajstić information content (AvgIpc) is 2.15. The van der Waals surface area contributed by atoms with Gasteiger partial charge in [0, 0.05) is 5.56 Å². The van der Waals surface area contributed by atoms with Gasteiger partial charge in [0.1, 0.15) is 0 Å². The van der Waals surface area contributed by atoms with E-state index in [0.717, 1.165) is 5.56 Å². The van der Waals surface area contributed by atoms with E-state index in [4.69, 9.17) is 5.73 Å². The lowest BCUT2D eigenvalue weighted by molar-refractivity contribution is -0.119. The van der Waals surface area contributed by atoms with E-state index in [2.05, 4.69) is 0 Å². The SMILES string of the molecule is Cc1cccc(C(=O)C(C)C(N)=O)c1. The average molecular weight is 191 g/mol. The molecule has 1 unspecified atom stereocenters. The molecular formula is C11H13NO2. The summed E-state index contributed by atoms with van der Waals surface area (Å²) in [6, 6.07) is 7.12. The Hall–Kier alpha value is -1.64. The number of amides is 1. The van der Waals surface area contributed by atoms with Crippen LogP contribution in [0.4, 0.5) is 0 Å². The minimum absolute atomic E-state index is 0.221. The van der Waals surface area contributed by atoms with Crippen molar-refractivity contribution >= 4 is 11.7 Å². The fourth-order valence-corrected chi connectivity index (χ4v) is 1.18. The number of rotatable bonds is 3. The molecule has 0 aliphatic carbocycles. The zero-order valence-corrected chi connectivity index (χ0v) is 8.28. The highest BCUT2D eigenvalue weighted by atomic mass is 16.2. The van der Waals surface area contributed by atoms with Crippen LogP contribution in [-0.4, -0.2) is 11.7 Å². The Labute approximate surface area is 82.9 Å². The molecule has 2 N–H and O–H groups in total. The second-order valence-electron chi connectivity index (χ2n) is 3.36. The number of benzene rings is 1. The number of carbonyl (C=O) groups is 2. The van der Waals surface area contributed by atoms with Gasteiger partial charge in [-0.25, -0.2) is 0 Å². The monoisotopic (exact) mass is 191 g/mol. The van der Waals surface area contributed by atoms with Gasteiger partial charge in [0.25, 0.3) is 0 Å². The van der Waals surface area contributed by atoms with Crippen LogP contribution in [0.1, 0.15) is 22.8 Å². The highest BCUT2D eigenvalue weighted by molar-refractivity contribution is 6.09. The van der Waals surface area contributed by atoms with Crippen molar-refractivity contribution in [2.24, 2.45) is 11.7 Å². The molecule has 1 atom stereocenters. The van der Waals surface area contributed by atoms with Crippen LogP contribution >= 0.6 is 0 Å². The number of ketones is 1. The highest BCUT2D eigenvalue weighted by Gasteiger charge is 2.19. The molecule has 1 amide bonds. The maximum absolute atomic E-state index is 11.6. The maximum Gasteiger partial charge on any atom is 0.228 e. The van der Waals surface area contributed by atoms with Crippen molar-refractivity contribution in [3.8, 4) is 0 Å². The van der Waals surface area contributed by atoms with Gasteiger partial charge in [-0.05, 0) is 19.9 Å². The molecule has 3 nitrogen and oxygen atoms in total. The molecule has 14 heavy (non-hydrogen) atoms. The van der Waals surface area contributed by atoms with E-state index in [0.29, 0.717) is 5.56 Å². The third-order valence-corrected chi connectivity index (χ3v) is 2.12. The summed E-state index contributed by atoms with van der Waals surface area (Å²) in [7, 11) is 0. The first-order valence-electron chi connectivity index (χ1n) is 4.42. The molecule has 0 bridgehead atoms. The molecule has 1 aromatic carbocycles. The molecule has 0 aliphatic heterocycles. The van der Waals surface area contributed by atoms with E-state index in [9.17, 15) is 9.59 Å². The summed E-state index contributed by atoms with van der Waals surface area (Å²) in [5.74, 6) is -1.56. The van der Waals surface area contributed by atoms with E-state index < -0.39 is 11.8 Å². The largest absolute Gasteiger partial charge is 0.369 e. The lowest BCUT2D eigenvalue weighted by atomic mass is 9.98. The first kappa shape index (κ1) is 10.4. The van der Waals surface area contributed by atoms with Crippen LogP contribution in [0.2, 0.25) is 0 Å². The number of hydrogen-bond acceptors (Lipinski definition) is 2. The molecule has 3 heteroatoms. The summed E-state index contributed by atoms with van der Waals surface area (Å²) in [4.78, 5) is 22.4. The van der Waals surface area contributed by atoms with Crippen LogP contribution in [0.3, 0.4) is 0 Å². The van der Waals surface area contributed by atoms with Crippen molar-refractivity contribution in [3.63, 3.8) is 0 Å². The summed E-state index contributed by atoms with van der Waals surface area (Å²) in [5.41, 5.74) is 6.58. The number of nitrogens with two attached hydrogens (primary N) is 1. The molecule has 0 aromatic heterocycles. The zero-order chi connectivity index (χ0) is 10.7. The molecule has 0 spiro atoms. The standard InChI is InChI=1S/C11H13NO2/c1-7-4-3-5-9(6-7)10(13)8(2)11(12)14/h3-6,8H,1-2H3,(H2,12,14). The summed E-state index contributed by atoms with van der Waals surface area (Å²) in [6.45, 7) is 3.42. The number of aryl methyl sites for hydroxylation is 1. The Morgan fingerprint density at radius 3 is 2.50 bits per heavy atom. The molecule has 0 saturated heterocycles. The fraction of sp³-hybridized carbons (Fsp3) is 0.273. The maximum atomic E-state index is 11.6. The van der Waals surface area contributed by atoms with Gasteiger partial charge in [-0.15, -0.1) is 0 Å². The normalized spacial score (nSPS) is 12.1. The lowest BCUT2D eigenvalue weighted by Crippen LogP contribution is -2.27. The van der Waals surface area contributed by atoms with Crippen LogP contribution in [0, 0.1) is 12.8 Å². The van der Waals surface area contributed by atoms with E-state index in [1.807, 2.05) is 13.0 Å². The van der Waals surface area contributed by atoms with Gasteiger partial charge in [-0.2, -0.15) is 0 Å². The number of Topliss-reactive ketones (excluding diaryl/α,β-unsaturated/α-hetero) is 1. The lowest BCUT2D eigenvalue weighted by Gasteiger charge is -2.06. The van der Waals surface area contributed by atoms with Crippen molar-refractivity contribution in [1.29, 1.82) is 0 Å². The molecule has 0 heterocycles. The highest BCUT2D eigenvalue weighted by Crippen LogP contribution is 2.10. The van der Waals surface area contributed by atoms with E-state index in [1.54, 1.807) is 18.2 Å². The van der Waals surface area contributed by atoms with Gasteiger partial charge >= 0.3 is 0 Å². The van der Waals surface area contributed by atoms with Gasteiger partial charge in [-0.3, -0.25) is 9.59 Å². The van der Waals surface area contributed by atoms with Gasteiger partial charge < -0.3 is 5.73 Å². The van der Waals surface area contributed by atoms with Crippen molar-refractivity contribution in [1.82, 2.24) is 0 Å². The van der Waals surface area contributed by atoms with Gasteiger partial charge in [-0.1, -0.05) is 23.8 Å². The minimum Gasteiger partial charge on any atom is -0.369 e. The van der Waals surface area contributed by atoms with Gasteiger partial charge in [0.15, 0.2) is 5.78 Å². The Kier molecular flexibility index (Phi) is 3.02. The second kappa shape index (κ2) is 4.05. The third-order valence-electron chi connectivity index (χ3n) is 2.12. The summed E-state index contributed by atoms with van der Waals surface area (Å²) in [5, 5.41) is 0. The number of carbonyl (C=O) groups excluding carboxylic acids is 2. The Morgan fingerprint density at radius 2 is 2.00 bits per heavy atom. The Morgan fingerprint density at radius 1 is 1.36 bits per heavy atom. The number of hydrogen-bond donors (Lipinski definition) is 1. The van der Waals surface area contributed by atoms with E-state index in [-0.39, 0.29) is 5.78 Å². The summed E-state index contributed by atoms with van der Waals surface area (Å²) in [6.07, 6.45) is 0. The van der Waals surface area contributed by atoms with Gasteiger partial charge in [0.05, 0.1) is 5.92 Å². The third kappa shape index (κ3) is 2.19. The first-order chi connectivity index (χ1) is 6.52. The molecule has 74 valence electrons. The van der Waals surface area contributed by atoms with Crippen LogP contribution < -0.4 is 5.73 Å². The van der Waals surface area contributed by atoms with E-state index >= 15 is 0 Å². The molecular weight excluding hydrogens is 178 g/mol. The molecule has 0 fully saturated rings. The van der Waals surface area contributed by atoms with Crippen LogP contribution in [0.25, 0.3) is 0 Å². The van der Waals surface area contributed by atoms with E-state index in [1.165, 1.54) is 6.92 Å². The molecule has 1 aromatic rings. The molecule has 0 aliphatic rings. The minimum atomic E-state index is -0.753. The first-order valence-corrected chi connectivity index (χ1v) is 4.42. The van der Waals surface area contributed by atoms with Crippen molar-refractivity contribution < 1.29 is 9.59 Å². The second-order valence-corrected chi connectivity index (χ2v) is 3.36. The summed E-state index contributed by atoms with van der Waals surface area (Å²) >= 11 is 0. The predicted molar refractivity (Wildman–Crippen MR) is 53.9 cm³/mol. The van der Waals surface area contributed by atoms with Crippen molar-refractivity contribution in [2.75, 3.05) is 0 Å². The van der Waals surface area contributed by atoms with Crippen LogP contribution in [0.15, 0.2) is 24.3 Å². The van der Waals surface area contributed by atoms with Crippen molar-refractivity contribution in [2.45, 2.75) is 13.8 Å². The number of primary amides is 1. The van der Waals surface area contributed by atoms with Crippen LogP contribution in [-0.2, 0) is 4.79 Å². The van der Waals surface area contributed by atoms with Crippen LogP contribution in [0.5, 0.6) is 0 Å². The quantitative estimate of drug-likeness (QED) is 0.578. The fourth-order valence-electron chi connectivity index (χ4n) is 1.18. The smallest absolute Gasteiger partial charge is 0.228 e. The topological polar surface area (TPSA) is 60.2 Å². The molecule has 1 rings (SSSR count). The van der Waals surface area contributed by atoms with Crippen molar-refractivity contribution in [3.05, 3.63) is 35.4 Å². The Bertz CT molecular complexity index is 371. The molecule has 0 saturated carbocycles.